The van der Waals surface area contributed by atoms with Crippen LogP contribution in [0.4, 0.5) is 13.2 Å². The van der Waals surface area contributed by atoms with Crippen molar-refractivity contribution in [3.05, 3.63) is 76.3 Å². The van der Waals surface area contributed by atoms with Crippen molar-refractivity contribution >= 4 is 17.2 Å². The van der Waals surface area contributed by atoms with Gasteiger partial charge in [-0.2, -0.15) is 13.2 Å². The standard InChI is InChI=1S/C20H17F3N2OS/c1-13-4-2-3-5-15(13)11-24-18(26)10-17-12-27-19(25-17)14-6-8-16(9-7-14)20(21,22)23/h2-9,12H,10-11H2,1H3,(H,24,26). The summed E-state index contributed by atoms with van der Waals surface area (Å²) in [5.41, 5.74) is 2.65. The minimum absolute atomic E-state index is 0.128. The number of nitrogens with one attached hydrogen (secondary N) is 1. The van der Waals surface area contributed by atoms with Gasteiger partial charge in [0.1, 0.15) is 5.01 Å². The normalized spacial score (nSPS) is 11.4. The van der Waals surface area contributed by atoms with Crippen molar-refractivity contribution in [2.24, 2.45) is 0 Å². The first-order valence-electron chi connectivity index (χ1n) is 8.26. The molecule has 0 radical (unpaired) electrons. The van der Waals surface area contributed by atoms with Crippen LogP contribution in [0.5, 0.6) is 0 Å². The average Bonchev–Trinajstić information content (AvgIpc) is 3.09. The first kappa shape index (κ1) is 19.1. The number of carbonyl (C=O) groups is 1. The third kappa shape index (κ3) is 4.95. The van der Waals surface area contributed by atoms with E-state index in [9.17, 15) is 18.0 Å². The zero-order valence-electron chi connectivity index (χ0n) is 14.5. The van der Waals surface area contributed by atoms with E-state index < -0.39 is 11.7 Å². The molecule has 0 atom stereocenters. The molecular weight excluding hydrogens is 373 g/mol. The van der Waals surface area contributed by atoms with Crippen molar-refractivity contribution in [2.75, 3.05) is 0 Å². The molecule has 0 saturated carbocycles. The summed E-state index contributed by atoms with van der Waals surface area (Å²) in [6.07, 6.45) is -4.23. The minimum atomic E-state index is -4.36. The van der Waals surface area contributed by atoms with Gasteiger partial charge in [-0.15, -0.1) is 11.3 Å². The lowest BCUT2D eigenvalue weighted by Gasteiger charge is -2.07. The number of nitrogens with zero attached hydrogens (tertiary/aromatic N) is 1. The van der Waals surface area contributed by atoms with Gasteiger partial charge in [0.15, 0.2) is 0 Å². The summed E-state index contributed by atoms with van der Waals surface area (Å²) in [5, 5.41) is 5.20. The highest BCUT2D eigenvalue weighted by atomic mass is 32.1. The van der Waals surface area contributed by atoms with Gasteiger partial charge in [-0.05, 0) is 30.2 Å². The third-order valence-electron chi connectivity index (χ3n) is 4.09. The SMILES string of the molecule is Cc1ccccc1CNC(=O)Cc1csc(-c2ccc(C(F)(F)F)cc2)n1. The van der Waals surface area contributed by atoms with Crippen molar-refractivity contribution in [3.63, 3.8) is 0 Å². The summed E-state index contributed by atoms with van der Waals surface area (Å²) in [6.45, 7) is 2.43. The van der Waals surface area contributed by atoms with E-state index in [0.29, 0.717) is 22.8 Å². The highest BCUT2D eigenvalue weighted by Gasteiger charge is 2.30. The highest BCUT2D eigenvalue weighted by molar-refractivity contribution is 7.13. The molecule has 3 aromatic rings. The summed E-state index contributed by atoms with van der Waals surface area (Å²) in [6, 6.07) is 12.7. The Morgan fingerprint density at radius 1 is 1.11 bits per heavy atom. The summed E-state index contributed by atoms with van der Waals surface area (Å²) in [4.78, 5) is 16.5. The number of aromatic nitrogens is 1. The summed E-state index contributed by atoms with van der Waals surface area (Å²) in [5.74, 6) is -0.150. The maximum absolute atomic E-state index is 12.6. The number of halogens is 3. The molecule has 3 rings (SSSR count). The van der Waals surface area contributed by atoms with Crippen LogP contribution in [0.3, 0.4) is 0 Å². The maximum atomic E-state index is 12.6. The molecule has 27 heavy (non-hydrogen) atoms. The first-order valence-corrected chi connectivity index (χ1v) is 9.14. The Balaban J connectivity index is 1.60. The largest absolute Gasteiger partial charge is 0.416 e. The number of carbonyl (C=O) groups excluding carboxylic acids is 1. The fourth-order valence-electron chi connectivity index (χ4n) is 2.55. The number of hydrogen-bond acceptors (Lipinski definition) is 3. The predicted molar refractivity (Wildman–Crippen MR) is 99.3 cm³/mol. The van der Waals surface area contributed by atoms with Crippen LogP contribution < -0.4 is 5.32 Å². The number of thiazole rings is 1. The highest BCUT2D eigenvalue weighted by Crippen LogP contribution is 2.31. The van der Waals surface area contributed by atoms with Crippen LogP contribution >= 0.6 is 11.3 Å². The Labute approximate surface area is 158 Å². The van der Waals surface area contributed by atoms with E-state index >= 15 is 0 Å². The van der Waals surface area contributed by atoms with E-state index in [0.717, 1.165) is 23.3 Å². The third-order valence-corrected chi connectivity index (χ3v) is 5.03. The quantitative estimate of drug-likeness (QED) is 0.666. The van der Waals surface area contributed by atoms with Gasteiger partial charge in [-0.25, -0.2) is 4.98 Å². The van der Waals surface area contributed by atoms with Crippen molar-refractivity contribution in [2.45, 2.75) is 26.1 Å². The van der Waals surface area contributed by atoms with Crippen LogP contribution in [0.15, 0.2) is 53.9 Å². The smallest absolute Gasteiger partial charge is 0.352 e. The molecule has 3 nitrogen and oxygen atoms in total. The second-order valence-electron chi connectivity index (χ2n) is 6.10. The molecule has 0 spiro atoms. The summed E-state index contributed by atoms with van der Waals surface area (Å²) in [7, 11) is 0. The topological polar surface area (TPSA) is 42.0 Å². The first-order chi connectivity index (χ1) is 12.8. The van der Waals surface area contributed by atoms with E-state index in [1.807, 2.05) is 31.2 Å². The van der Waals surface area contributed by atoms with Gasteiger partial charge >= 0.3 is 6.18 Å². The molecule has 7 heteroatoms. The van der Waals surface area contributed by atoms with Crippen molar-refractivity contribution in [3.8, 4) is 10.6 Å². The molecule has 1 amide bonds. The van der Waals surface area contributed by atoms with E-state index in [1.54, 1.807) is 5.38 Å². The Bertz CT molecular complexity index is 933. The number of rotatable bonds is 5. The molecule has 2 aromatic carbocycles. The van der Waals surface area contributed by atoms with Crippen molar-refractivity contribution in [1.29, 1.82) is 0 Å². The van der Waals surface area contributed by atoms with Crippen LogP contribution in [-0.2, 0) is 23.9 Å². The molecule has 0 bridgehead atoms. The van der Waals surface area contributed by atoms with E-state index in [1.165, 1.54) is 23.5 Å². The van der Waals surface area contributed by atoms with E-state index in [2.05, 4.69) is 10.3 Å². The van der Waals surface area contributed by atoms with Gasteiger partial charge in [0.2, 0.25) is 5.91 Å². The molecule has 140 valence electrons. The lowest BCUT2D eigenvalue weighted by molar-refractivity contribution is -0.137. The molecule has 0 unspecified atom stereocenters. The van der Waals surface area contributed by atoms with Crippen LogP contribution in [0.2, 0.25) is 0 Å². The molecule has 0 fully saturated rings. The number of aryl methyl sites for hydroxylation is 1. The van der Waals surface area contributed by atoms with Crippen LogP contribution in [-0.4, -0.2) is 10.9 Å². The molecule has 1 N–H and O–H groups in total. The van der Waals surface area contributed by atoms with E-state index in [4.69, 9.17) is 0 Å². The Morgan fingerprint density at radius 3 is 2.48 bits per heavy atom. The number of alkyl halides is 3. The summed E-state index contributed by atoms with van der Waals surface area (Å²) >= 11 is 1.30. The second-order valence-corrected chi connectivity index (χ2v) is 6.96. The van der Waals surface area contributed by atoms with Crippen LogP contribution in [0, 0.1) is 6.92 Å². The second kappa shape index (κ2) is 7.92. The molecular formula is C20H17F3N2OS. The monoisotopic (exact) mass is 390 g/mol. The average molecular weight is 390 g/mol. The van der Waals surface area contributed by atoms with Crippen molar-refractivity contribution in [1.82, 2.24) is 10.3 Å². The lowest BCUT2D eigenvalue weighted by Crippen LogP contribution is -2.25. The zero-order valence-corrected chi connectivity index (χ0v) is 15.3. The van der Waals surface area contributed by atoms with Gasteiger partial charge in [0, 0.05) is 17.5 Å². The Hall–Kier alpha value is -2.67. The molecule has 1 aromatic heterocycles. The fourth-order valence-corrected chi connectivity index (χ4v) is 3.38. The molecule has 0 aliphatic heterocycles. The number of hydrogen-bond donors (Lipinski definition) is 1. The molecule has 0 aliphatic rings. The zero-order chi connectivity index (χ0) is 19.4. The predicted octanol–water partition coefficient (Wildman–Crippen LogP) is 5.00. The van der Waals surface area contributed by atoms with E-state index in [-0.39, 0.29) is 12.3 Å². The Kier molecular flexibility index (Phi) is 5.60. The number of benzene rings is 2. The summed E-state index contributed by atoms with van der Waals surface area (Å²) < 4.78 is 37.9. The Morgan fingerprint density at radius 2 is 1.81 bits per heavy atom. The van der Waals surface area contributed by atoms with Crippen LogP contribution in [0.25, 0.3) is 10.6 Å². The van der Waals surface area contributed by atoms with Gasteiger partial charge in [-0.3, -0.25) is 4.79 Å². The molecule has 1 heterocycles. The fraction of sp³-hybridized carbons (Fsp3) is 0.200. The van der Waals surface area contributed by atoms with Gasteiger partial charge < -0.3 is 5.32 Å². The van der Waals surface area contributed by atoms with Crippen LogP contribution in [0.1, 0.15) is 22.4 Å². The van der Waals surface area contributed by atoms with Gasteiger partial charge in [-0.1, -0.05) is 36.4 Å². The minimum Gasteiger partial charge on any atom is -0.352 e. The van der Waals surface area contributed by atoms with Gasteiger partial charge in [0.05, 0.1) is 17.7 Å². The maximum Gasteiger partial charge on any atom is 0.416 e. The molecule has 0 aliphatic carbocycles. The van der Waals surface area contributed by atoms with Gasteiger partial charge in [0.25, 0.3) is 0 Å². The van der Waals surface area contributed by atoms with Crippen molar-refractivity contribution < 1.29 is 18.0 Å². The number of amides is 1. The lowest BCUT2D eigenvalue weighted by atomic mass is 10.1. The molecule has 0 saturated heterocycles.